The van der Waals surface area contributed by atoms with Crippen molar-refractivity contribution >= 4 is 0 Å². The molecule has 30 heavy (non-hydrogen) atoms. The van der Waals surface area contributed by atoms with Crippen molar-refractivity contribution in [1.29, 1.82) is 0 Å². The number of aliphatic hydroxyl groups is 2. The molecule has 162 valence electrons. The molecule has 0 amide bonds. The third-order valence-corrected chi connectivity index (χ3v) is 5.37. The summed E-state index contributed by atoms with van der Waals surface area (Å²) in [5.74, 6) is 0.720. The lowest BCUT2D eigenvalue weighted by Gasteiger charge is -2.32. The molecule has 2 saturated heterocycles. The Labute approximate surface area is 175 Å². The van der Waals surface area contributed by atoms with Gasteiger partial charge in [0, 0.05) is 31.7 Å². The molecule has 0 aromatic heterocycles. The van der Waals surface area contributed by atoms with Crippen LogP contribution in [0.25, 0.3) is 0 Å². The van der Waals surface area contributed by atoms with Gasteiger partial charge in [-0.3, -0.25) is 0 Å². The molecule has 2 aliphatic rings. The molecule has 2 aromatic rings. The van der Waals surface area contributed by atoms with Gasteiger partial charge in [-0.1, -0.05) is 24.3 Å². The van der Waals surface area contributed by atoms with Crippen LogP contribution in [-0.4, -0.2) is 54.6 Å². The van der Waals surface area contributed by atoms with Gasteiger partial charge in [0.1, 0.15) is 23.4 Å². The largest absolute Gasteiger partial charge is 0.488 e. The predicted octanol–water partition coefficient (Wildman–Crippen LogP) is 2.82. The van der Waals surface area contributed by atoms with Crippen LogP contribution in [0, 0.1) is 5.82 Å². The van der Waals surface area contributed by atoms with Crippen LogP contribution in [0.1, 0.15) is 30.4 Å². The van der Waals surface area contributed by atoms with Crippen LogP contribution in [-0.2, 0) is 15.9 Å². The summed E-state index contributed by atoms with van der Waals surface area (Å²) in [6.07, 6.45) is 0.0981. The van der Waals surface area contributed by atoms with Crippen LogP contribution in [0.3, 0.4) is 0 Å². The molecule has 4 atom stereocenters. The van der Waals surface area contributed by atoms with E-state index in [1.54, 1.807) is 18.2 Å². The Kier molecular flexibility index (Phi) is 6.84. The second-order valence-electron chi connectivity index (χ2n) is 7.75. The van der Waals surface area contributed by atoms with Crippen LogP contribution in [0.5, 0.6) is 11.5 Å². The van der Waals surface area contributed by atoms with E-state index in [9.17, 15) is 14.6 Å². The summed E-state index contributed by atoms with van der Waals surface area (Å²) in [6.45, 7) is 1.02. The quantitative estimate of drug-likeness (QED) is 0.720. The van der Waals surface area contributed by atoms with Crippen molar-refractivity contribution in [2.24, 2.45) is 0 Å². The Balaban J connectivity index is 1.44. The average Bonchev–Trinajstić information content (AvgIpc) is 3.24. The lowest BCUT2D eigenvalue weighted by atomic mass is 10.0. The zero-order chi connectivity index (χ0) is 20.9. The van der Waals surface area contributed by atoms with Crippen molar-refractivity contribution in [2.45, 2.75) is 50.3 Å². The normalized spacial score (nSPS) is 26.5. The van der Waals surface area contributed by atoms with E-state index in [0.29, 0.717) is 49.5 Å². The first-order chi connectivity index (χ1) is 14.6. The van der Waals surface area contributed by atoms with Gasteiger partial charge in [-0.2, -0.15) is 0 Å². The molecule has 2 N–H and O–H groups in total. The van der Waals surface area contributed by atoms with Gasteiger partial charge in [0.2, 0.25) is 6.29 Å². The number of benzene rings is 2. The molecule has 2 fully saturated rings. The van der Waals surface area contributed by atoms with Crippen molar-refractivity contribution in [2.75, 3.05) is 19.8 Å². The first-order valence-electron chi connectivity index (χ1n) is 10.3. The van der Waals surface area contributed by atoms with Crippen LogP contribution in [0.4, 0.5) is 4.39 Å². The first-order valence-corrected chi connectivity index (χ1v) is 10.3. The highest BCUT2D eigenvalue weighted by molar-refractivity contribution is 5.39. The number of hydrogen-bond donors (Lipinski definition) is 2. The maximum Gasteiger partial charge on any atom is 0.202 e. The van der Waals surface area contributed by atoms with E-state index in [1.165, 1.54) is 6.07 Å². The fourth-order valence-electron chi connectivity index (χ4n) is 3.80. The highest BCUT2D eigenvalue weighted by atomic mass is 19.1. The first kappa shape index (κ1) is 21.1. The van der Waals surface area contributed by atoms with E-state index < -0.39 is 18.5 Å². The lowest BCUT2D eigenvalue weighted by Crippen LogP contribution is -2.40. The van der Waals surface area contributed by atoms with E-state index in [2.05, 4.69) is 0 Å². The molecule has 2 aliphatic heterocycles. The Hall–Kier alpha value is -2.19. The summed E-state index contributed by atoms with van der Waals surface area (Å²) in [5, 5.41) is 19.3. The van der Waals surface area contributed by atoms with Crippen molar-refractivity contribution in [1.82, 2.24) is 0 Å². The number of hydrogen-bond acceptors (Lipinski definition) is 6. The lowest BCUT2D eigenvalue weighted by molar-refractivity contribution is -0.184. The topological polar surface area (TPSA) is 77.4 Å². The SMILES string of the molecule is OCC1CC(O)CC(Oc2ccccc2Cc2ccc(OC3CCOC3)cc2F)O1. The molecule has 0 radical (unpaired) electrons. The fraction of sp³-hybridized carbons (Fsp3) is 0.478. The number of para-hydroxylation sites is 1. The van der Waals surface area contributed by atoms with Crippen molar-refractivity contribution < 1.29 is 33.6 Å². The minimum Gasteiger partial charge on any atom is -0.488 e. The van der Waals surface area contributed by atoms with Gasteiger partial charge in [-0.15, -0.1) is 0 Å². The zero-order valence-corrected chi connectivity index (χ0v) is 16.7. The molecular formula is C23H27FO6. The fourth-order valence-corrected chi connectivity index (χ4v) is 3.80. The van der Waals surface area contributed by atoms with Gasteiger partial charge >= 0.3 is 0 Å². The monoisotopic (exact) mass is 418 g/mol. The van der Waals surface area contributed by atoms with Gasteiger partial charge in [0.15, 0.2) is 0 Å². The Morgan fingerprint density at radius 2 is 1.93 bits per heavy atom. The Bertz CT molecular complexity index is 838. The molecular weight excluding hydrogens is 391 g/mol. The Morgan fingerprint density at radius 1 is 1.07 bits per heavy atom. The van der Waals surface area contributed by atoms with Crippen LogP contribution < -0.4 is 9.47 Å². The number of rotatable bonds is 7. The van der Waals surface area contributed by atoms with Crippen LogP contribution in [0.15, 0.2) is 42.5 Å². The van der Waals surface area contributed by atoms with Crippen molar-refractivity contribution in [3.63, 3.8) is 0 Å². The predicted molar refractivity (Wildman–Crippen MR) is 107 cm³/mol. The highest BCUT2D eigenvalue weighted by Crippen LogP contribution is 2.29. The summed E-state index contributed by atoms with van der Waals surface area (Å²) >= 11 is 0. The third kappa shape index (κ3) is 5.29. The summed E-state index contributed by atoms with van der Waals surface area (Å²) in [5.41, 5.74) is 1.33. The summed E-state index contributed by atoms with van der Waals surface area (Å²) in [6, 6.07) is 12.3. The van der Waals surface area contributed by atoms with Crippen LogP contribution >= 0.6 is 0 Å². The van der Waals surface area contributed by atoms with Crippen molar-refractivity contribution in [3.05, 3.63) is 59.4 Å². The van der Waals surface area contributed by atoms with Crippen LogP contribution in [0.2, 0.25) is 0 Å². The molecule has 2 heterocycles. The summed E-state index contributed by atoms with van der Waals surface area (Å²) in [4.78, 5) is 0. The van der Waals surface area contributed by atoms with E-state index in [-0.39, 0.29) is 18.5 Å². The second-order valence-corrected chi connectivity index (χ2v) is 7.75. The van der Waals surface area contributed by atoms with Gasteiger partial charge in [0.25, 0.3) is 0 Å². The maximum atomic E-state index is 14.7. The molecule has 6 nitrogen and oxygen atoms in total. The molecule has 2 aromatic carbocycles. The highest BCUT2D eigenvalue weighted by Gasteiger charge is 2.29. The molecule has 0 aliphatic carbocycles. The van der Waals surface area contributed by atoms with E-state index in [0.717, 1.165) is 12.0 Å². The number of aliphatic hydroxyl groups excluding tert-OH is 2. The third-order valence-electron chi connectivity index (χ3n) is 5.37. The number of halogens is 1. The molecule has 0 saturated carbocycles. The minimum absolute atomic E-state index is 0.0297. The van der Waals surface area contributed by atoms with Gasteiger partial charge in [0.05, 0.1) is 32.0 Å². The van der Waals surface area contributed by atoms with E-state index in [1.807, 2.05) is 18.2 Å². The molecule has 4 rings (SSSR count). The van der Waals surface area contributed by atoms with E-state index >= 15 is 0 Å². The minimum atomic E-state index is -0.665. The molecule has 7 heteroatoms. The van der Waals surface area contributed by atoms with Crippen molar-refractivity contribution in [3.8, 4) is 11.5 Å². The van der Waals surface area contributed by atoms with Gasteiger partial charge < -0.3 is 29.2 Å². The molecule has 0 spiro atoms. The molecule has 4 unspecified atom stereocenters. The number of ether oxygens (including phenoxy) is 4. The average molecular weight is 418 g/mol. The summed E-state index contributed by atoms with van der Waals surface area (Å²) < 4.78 is 37.4. The van der Waals surface area contributed by atoms with Gasteiger partial charge in [-0.25, -0.2) is 4.39 Å². The van der Waals surface area contributed by atoms with E-state index in [4.69, 9.17) is 18.9 Å². The zero-order valence-electron chi connectivity index (χ0n) is 16.7. The second kappa shape index (κ2) is 9.75. The smallest absolute Gasteiger partial charge is 0.202 e. The Morgan fingerprint density at radius 3 is 2.70 bits per heavy atom. The molecule has 0 bridgehead atoms. The summed E-state index contributed by atoms with van der Waals surface area (Å²) in [7, 11) is 0. The standard InChI is InChI=1S/C23H27FO6/c24-21-12-18(28-19-7-8-27-14-19)6-5-15(21)9-16-3-1-2-4-22(16)30-23-11-17(26)10-20(13-25)29-23/h1-6,12,17,19-20,23,25-26H,7-11,13-14H2. The van der Waals surface area contributed by atoms with Gasteiger partial charge in [-0.05, 0) is 23.3 Å². The maximum absolute atomic E-state index is 14.7.